The molecule has 0 unspecified atom stereocenters. The van der Waals surface area contributed by atoms with Crippen molar-refractivity contribution < 1.29 is 19.1 Å². The van der Waals surface area contributed by atoms with E-state index in [0.717, 1.165) is 43.5 Å². The van der Waals surface area contributed by atoms with Crippen LogP contribution < -0.4 is 9.80 Å². The minimum Gasteiger partial charge on any atom is -0.446 e. The van der Waals surface area contributed by atoms with Crippen LogP contribution in [0, 0.1) is 5.92 Å². The third-order valence-corrected chi connectivity index (χ3v) is 7.41. The number of likely N-dealkylation sites (tertiary alicyclic amines) is 1. The molecule has 2 fully saturated rings. The van der Waals surface area contributed by atoms with Gasteiger partial charge in [0.1, 0.15) is 0 Å². The van der Waals surface area contributed by atoms with E-state index in [2.05, 4.69) is 11.5 Å². The number of carbonyl (C=O) groups is 3. The Morgan fingerprint density at radius 2 is 1.84 bits per heavy atom. The Kier molecular flexibility index (Phi) is 8.41. The normalized spacial score (nSPS) is 21.9. The number of allylic oxidation sites excluding steroid dienone is 4. The van der Waals surface area contributed by atoms with Gasteiger partial charge >= 0.3 is 6.09 Å². The summed E-state index contributed by atoms with van der Waals surface area (Å²) >= 11 is 0. The number of hydrogen-bond donors (Lipinski definition) is 0. The second-order valence-corrected chi connectivity index (χ2v) is 11.0. The molecule has 0 bridgehead atoms. The summed E-state index contributed by atoms with van der Waals surface area (Å²) in [5, 5.41) is 0. The number of likely N-dealkylation sites (N-methyl/N-ethyl adjacent to an activating group) is 1. The van der Waals surface area contributed by atoms with Crippen LogP contribution in [0.25, 0.3) is 5.57 Å². The minimum absolute atomic E-state index is 0.00900. The topological polar surface area (TPSA) is 73.4 Å². The van der Waals surface area contributed by atoms with E-state index in [4.69, 9.17) is 4.74 Å². The maximum absolute atomic E-state index is 13.2. The number of amides is 3. The summed E-state index contributed by atoms with van der Waals surface area (Å²) in [6.45, 7) is 11.4. The predicted octanol–water partition coefficient (Wildman–Crippen LogP) is 4.47. The first kappa shape index (κ1) is 27.6. The molecular formula is C30H40N4O4. The van der Waals surface area contributed by atoms with Gasteiger partial charge in [-0.05, 0) is 77.4 Å². The Bertz CT molecular complexity index is 1150. The van der Waals surface area contributed by atoms with Crippen LogP contribution in [-0.4, -0.2) is 79.6 Å². The summed E-state index contributed by atoms with van der Waals surface area (Å²) < 4.78 is 5.53. The molecule has 2 aliphatic heterocycles. The molecule has 8 nitrogen and oxygen atoms in total. The molecule has 1 aromatic rings. The third kappa shape index (κ3) is 6.01. The van der Waals surface area contributed by atoms with Gasteiger partial charge in [0.05, 0.1) is 23.5 Å². The zero-order valence-electron chi connectivity index (χ0n) is 23.2. The van der Waals surface area contributed by atoms with E-state index in [1.165, 1.54) is 0 Å². The summed E-state index contributed by atoms with van der Waals surface area (Å²) in [7, 11) is 4.08. The van der Waals surface area contributed by atoms with E-state index >= 15 is 0 Å². The first-order chi connectivity index (χ1) is 18.1. The van der Waals surface area contributed by atoms with Gasteiger partial charge in [0.15, 0.2) is 0 Å². The Labute approximate surface area is 226 Å². The van der Waals surface area contributed by atoms with E-state index in [0.29, 0.717) is 24.0 Å². The Hall–Kier alpha value is -3.39. The van der Waals surface area contributed by atoms with Crippen LogP contribution in [0.3, 0.4) is 0 Å². The lowest BCUT2D eigenvalue weighted by molar-refractivity contribution is -0.125. The van der Waals surface area contributed by atoms with Crippen LogP contribution in [0.4, 0.5) is 16.2 Å². The first-order valence-corrected chi connectivity index (χ1v) is 13.5. The quantitative estimate of drug-likeness (QED) is 0.392. The number of rotatable bonds is 7. The lowest BCUT2D eigenvalue weighted by Crippen LogP contribution is -2.52. The van der Waals surface area contributed by atoms with E-state index in [1.807, 2.05) is 68.9 Å². The van der Waals surface area contributed by atoms with Crippen LogP contribution in [0.2, 0.25) is 0 Å². The standard InChI is InChI=1S/C30H40N4O4/c1-7-22(9-8-10-28(35)32-16-15-25(19-32)31(5)6)24-13-14-26-27(17-24)33(30(37)38-20(2)3)18-21(4)34(26)29(36)23-11-12-23/h7-10,13-14,17,20-21,23,25H,1,11-12,15-16,18-19H2,2-6H3/b10-8+,22-9+/t21-,25-/m0/s1. The molecule has 1 saturated heterocycles. The molecule has 3 aliphatic rings. The van der Waals surface area contributed by atoms with E-state index in [1.54, 1.807) is 23.1 Å². The van der Waals surface area contributed by atoms with Crippen molar-refractivity contribution in [1.29, 1.82) is 0 Å². The van der Waals surface area contributed by atoms with Crippen molar-refractivity contribution in [2.75, 3.05) is 43.5 Å². The monoisotopic (exact) mass is 520 g/mol. The van der Waals surface area contributed by atoms with Crippen LogP contribution in [0.15, 0.2) is 49.1 Å². The van der Waals surface area contributed by atoms with Gasteiger partial charge in [0.2, 0.25) is 11.8 Å². The van der Waals surface area contributed by atoms with Gasteiger partial charge < -0.3 is 19.4 Å². The average Bonchev–Trinajstić information content (AvgIpc) is 3.60. The summed E-state index contributed by atoms with van der Waals surface area (Å²) in [6, 6.07) is 5.96. The highest BCUT2D eigenvalue weighted by Gasteiger charge is 2.41. The summed E-state index contributed by atoms with van der Waals surface area (Å²) in [4.78, 5) is 46.3. The van der Waals surface area contributed by atoms with Crippen molar-refractivity contribution in [1.82, 2.24) is 9.80 Å². The number of ether oxygens (including phenoxy) is 1. The number of nitrogens with zero attached hydrogens (tertiary/aromatic N) is 4. The maximum Gasteiger partial charge on any atom is 0.414 e. The zero-order valence-corrected chi connectivity index (χ0v) is 23.2. The largest absolute Gasteiger partial charge is 0.446 e. The predicted molar refractivity (Wildman–Crippen MR) is 151 cm³/mol. The molecule has 2 heterocycles. The highest BCUT2D eigenvalue weighted by Crippen LogP contribution is 2.42. The summed E-state index contributed by atoms with van der Waals surface area (Å²) in [5.74, 6) is 0.169. The molecule has 38 heavy (non-hydrogen) atoms. The van der Waals surface area contributed by atoms with Gasteiger partial charge in [0.25, 0.3) is 0 Å². The molecule has 0 spiro atoms. The van der Waals surface area contributed by atoms with Crippen molar-refractivity contribution in [3.8, 4) is 0 Å². The molecule has 4 rings (SSSR count). The van der Waals surface area contributed by atoms with Gasteiger partial charge in [-0.1, -0.05) is 30.9 Å². The lowest BCUT2D eigenvalue weighted by Gasteiger charge is -2.41. The number of hydrogen-bond acceptors (Lipinski definition) is 5. The Morgan fingerprint density at radius 3 is 2.45 bits per heavy atom. The molecular weight excluding hydrogens is 480 g/mol. The third-order valence-electron chi connectivity index (χ3n) is 7.41. The summed E-state index contributed by atoms with van der Waals surface area (Å²) in [5.41, 5.74) is 2.99. The molecule has 0 aromatic heterocycles. The van der Waals surface area contributed by atoms with Gasteiger partial charge in [-0.15, -0.1) is 0 Å². The molecule has 204 valence electrons. The molecule has 1 aromatic carbocycles. The van der Waals surface area contributed by atoms with E-state index < -0.39 is 6.09 Å². The molecule has 2 atom stereocenters. The van der Waals surface area contributed by atoms with Crippen LogP contribution in [0.5, 0.6) is 0 Å². The number of fused-ring (bicyclic) bond motifs is 1. The smallest absolute Gasteiger partial charge is 0.414 e. The molecule has 1 aliphatic carbocycles. The molecule has 8 heteroatoms. The molecule has 3 amide bonds. The fraction of sp³-hybridized carbons (Fsp3) is 0.500. The van der Waals surface area contributed by atoms with Gasteiger partial charge in [0, 0.05) is 37.7 Å². The van der Waals surface area contributed by atoms with Gasteiger partial charge in [-0.2, -0.15) is 0 Å². The summed E-state index contributed by atoms with van der Waals surface area (Å²) in [6.07, 6.45) is 9.02. The number of benzene rings is 1. The zero-order chi connectivity index (χ0) is 27.6. The fourth-order valence-electron chi connectivity index (χ4n) is 5.09. The Balaban J connectivity index is 1.60. The van der Waals surface area contributed by atoms with Crippen molar-refractivity contribution in [2.45, 2.75) is 58.2 Å². The van der Waals surface area contributed by atoms with Crippen molar-refractivity contribution >= 4 is 34.9 Å². The second-order valence-electron chi connectivity index (χ2n) is 11.0. The van der Waals surface area contributed by atoms with Crippen molar-refractivity contribution in [2.24, 2.45) is 5.92 Å². The fourth-order valence-corrected chi connectivity index (χ4v) is 5.09. The van der Waals surface area contributed by atoms with E-state index in [9.17, 15) is 14.4 Å². The van der Waals surface area contributed by atoms with Crippen molar-refractivity contribution in [3.63, 3.8) is 0 Å². The van der Waals surface area contributed by atoms with E-state index in [-0.39, 0.29) is 29.9 Å². The molecule has 0 radical (unpaired) electrons. The number of carbonyl (C=O) groups excluding carboxylic acids is 3. The SMILES string of the molecule is C=C/C(=C\C=C\C(=O)N1CC[C@H](N(C)C)C1)c1ccc2c(c1)N(C(=O)OC(C)C)C[C@H](C)N2C(=O)C1CC1. The van der Waals surface area contributed by atoms with Crippen LogP contribution in [-0.2, 0) is 14.3 Å². The first-order valence-electron chi connectivity index (χ1n) is 13.5. The molecule has 0 N–H and O–H groups in total. The number of anilines is 2. The van der Waals surface area contributed by atoms with Gasteiger partial charge in [-0.25, -0.2) is 4.79 Å². The highest BCUT2D eigenvalue weighted by atomic mass is 16.6. The van der Waals surface area contributed by atoms with Crippen LogP contribution in [0.1, 0.15) is 45.6 Å². The Morgan fingerprint density at radius 1 is 1.11 bits per heavy atom. The average molecular weight is 521 g/mol. The highest BCUT2D eigenvalue weighted by molar-refractivity contribution is 6.05. The van der Waals surface area contributed by atoms with Crippen molar-refractivity contribution in [3.05, 3.63) is 54.6 Å². The second kappa shape index (κ2) is 11.6. The minimum atomic E-state index is -0.431. The van der Waals surface area contributed by atoms with Gasteiger partial charge in [-0.3, -0.25) is 14.5 Å². The van der Waals surface area contributed by atoms with Crippen LogP contribution >= 0.6 is 0 Å². The molecule has 1 saturated carbocycles. The maximum atomic E-state index is 13.2. The lowest BCUT2D eigenvalue weighted by atomic mass is 10.00.